The molecule has 0 aliphatic heterocycles. The second-order valence-corrected chi connectivity index (χ2v) is 9.42. The minimum absolute atomic E-state index is 0.0214. The predicted octanol–water partition coefficient (Wildman–Crippen LogP) is 5.32. The lowest BCUT2D eigenvalue weighted by atomic mass is 10.1. The summed E-state index contributed by atoms with van der Waals surface area (Å²) in [6.07, 6.45) is 0.362. The van der Waals surface area contributed by atoms with Crippen LogP contribution in [0.4, 0.5) is 0 Å². The Hall–Kier alpha value is -1.98. The number of halogens is 1. The molecule has 1 N–H and O–H groups in total. The topological polar surface area (TPSA) is 49.4 Å². The van der Waals surface area contributed by atoms with Crippen LogP contribution in [-0.2, 0) is 16.1 Å². The van der Waals surface area contributed by atoms with Crippen LogP contribution >= 0.6 is 23.4 Å². The SMILES string of the molecule is Cc1ccccc1CN(C(=O)CCSc1ccc(Cl)cc1)[C@H](C)C(=O)NCC(C)C. The molecule has 2 aromatic rings. The third-order valence-electron chi connectivity index (χ3n) is 4.85. The fourth-order valence-corrected chi connectivity index (χ4v) is 3.90. The largest absolute Gasteiger partial charge is 0.354 e. The van der Waals surface area contributed by atoms with Gasteiger partial charge in [-0.05, 0) is 55.2 Å². The Morgan fingerprint density at radius 3 is 2.37 bits per heavy atom. The number of rotatable bonds is 10. The van der Waals surface area contributed by atoms with Crippen molar-refractivity contribution in [2.75, 3.05) is 12.3 Å². The van der Waals surface area contributed by atoms with E-state index in [4.69, 9.17) is 11.6 Å². The number of nitrogens with one attached hydrogen (secondary N) is 1. The van der Waals surface area contributed by atoms with E-state index in [1.165, 1.54) is 0 Å². The Kier molecular flexibility index (Phi) is 9.73. The van der Waals surface area contributed by atoms with Crippen LogP contribution in [0.1, 0.15) is 38.3 Å². The molecule has 2 rings (SSSR count). The van der Waals surface area contributed by atoms with E-state index < -0.39 is 6.04 Å². The first-order valence-electron chi connectivity index (χ1n) is 10.3. The molecule has 30 heavy (non-hydrogen) atoms. The van der Waals surface area contributed by atoms with Crippen molar-refractivity contribution in [1.82, 2.24) is 10.2 Å². The minimum Gasteiger partial charge on any atom is -0.354 e. The second kappa shape index (κ2) is 12.0. The van der Waals surface area contributed by atoms with Gasteiger partial charge in [-0.15, -0.1) is 11.8 Å². The van der Waals surface area contributed by atoms with Gasteiger partial charge in [0.1, 0.15) is 6.04 Å². The zero-order valence-corrected chi connectivity index (χ0v) is 19.7. The van der Waals surface area contributed by atoms with Crippen LogP contribution in [-0.4, -0.2) is 35.1 Å². The van der Waals surface area contributed by atoms with Gasteiger partial charge in [0.15, 0.2) is 0 Å². The first kappa shape index (κ1) is 24.3. The fraction of sp³-hybridized carbons (Fsp3) is 0.417. The average Bonchev–Trinajstić information content (AvgIpc) is 2.72. The molecule has 0 aliphatic carbocycles. The Labute approximate surface area is 189 Å². The number of nitrogens with zero attached hydrogens (tertiary/aromatic N) is 1. The van der Waals surface area contributed by atoms with Gasteiger partial charge >= 0.3 is 0 Å². The summed E-state index contributed by atoms with van der Waals surface area (Å²) in [4.78, 5) is 28.5. The van der Waals surface area contributed by atoms with Crippen molar-refractivity contribution < 1.29 is 9.59 Å². The minimum atomic E-state index is -0.531. The molecule has 2 amide bonds. The number of aryl methyl sites for hydroxylation is 1. The van der Waals surface area contributed by atoms with E-state index in [9.17, 15) is 9.59 Å². The highest BCUT2D eigenvalue weighted by atomic mass is 35.5. The summed E-state index contributed by atoms with van der Waals surface area (Å²) >= 11 is 7.54. The zero-order valence-electron chi connectivity index (χ0n) is 18.2. The van der Waals surface area contributed by atoms with Gasteiger partial charge in [0.25, 0.3) is 0 Å². The van der Waals surface area contributed by atoms with Crippen LogP contribution in [0, 0.1) is 12.8 Å². The van der Waals surface area contributed by atoms with E-state index in [2.05, 4.69) is 19.2 Å². The normalized spacial score (nSPS) is 11.9. The molecule has 0 spiro atoms. The highest BCUT2D eigenvalue weighted by Gasteiger charge is 2.26. The van der Waals surface area contributed by atoms with Crippen LogP contribution in [0.15, 0.2) is 53.4 Å². The summed E-state index contributed by atoms with van der Waals surface area (Å²) in [6, 6.07) is 15.0. The molecule has 0 aromatic heterocycles. The molecule has 4 nitrogen and oxygen atoms in total. The lowest BCUT2D eigenvalue weighted by Gasteiger charge is -2.29. The lowest BCUT2D eigenvalue weighted by Crippen LogP contribution is -2.48. The van der Waals surface area contributed by atoms with Gasteiger partial charge in [0, 0.05) is 35.2 Å². The van der Waals surface area contributed by atoms with Gasteiger partial charge in [-0.1, -0.05) is 49.7 Å². The molecule has 0 heterocycles. The Bertz CT molecular complexity index is 839. The molecule has 0 aliphatic rings. The molecule has 0 saturated carbocycles. The summed E-state index contributed by atoms with van der Waals surface area (Å²) in [5.41, 5.74) is 2.17. The molecule has 6 heteroatoms. The van der Waals surface area contributed by atoms with Crippen molar-refractivity contribution in [3.05, 3.63) is 64.7 Å². The zero-order chi connectivity index (χ0) is 22.1. The van der Waals surface area contributed by atoms with Crippen molar-refractivity contribution in [3.8, 4) is 0 Å². The third-order valence-corrected chi connectivity index (χ3v) is 6.12. The number of hydrogen-bond acceptors (Lipinski definition) is 3. The van der Waals surface area contributed by atoms with Gasteiger partial charge in [0.2, 0.25) is 11.8 Å². The van der Waals surface area contributed by atoms with Crippen molar-refractivity contribution in [2.45, 2.75) is 51.6 Å². The maximum atomic E-state index is 13.1. The first-order valence-corrected chi connectivity index (χ1v) is 11.6. The van der Waals surface area contributed by atoms with Gasteiger partial charge in [-0.2, -0.15) is 0 Å². The third kappa shape index (κ3) is 7.69. The molecule has 0 saturated heterocycles. The predicted molar refractivity (Wildman–Crippen MR) is 126 cm³/mol. The summed E-state index contributed by atoms with van der Waals surface area (Å²) < 4.78 is 0. The molecule has 162 valence electrons. The standard InChI is InChI=1S/C24H31ClN2O2S/c1-17(2)15-26-24(29)19(4)27(16-20-8-6-5-7-18(20)3)23(28)13-14-30-22-11-9-21(25)10-12-22/h5-12,17,19H,13-16H2,1-4H3,(H,26,29)/t19-/m1/s1. The first-order chi connectivity index (χ1) is 14.3. The Morgan fingerprint density at radius 1 is 1.07 bits per heavy atom. The number of thioether (sulfide) groups is 1. The number of hydrogen-bond donors (Lipinski definition) is 1. The fourth-order valence-electron chi connectivity index (χ4n) is 2.94. The van der Waals surface area contributed by atoms with Gasteiger partial charge in [-0.3, -0.25) is 9.59 Å². The molecular weight excluding hydrogens is 416 g/mol. The maximum Gasteiger partial charge on any atom is 0.242 e. The Morgan fingerprint density at radius 2 is 1.73 bits per heavy atom. The molecule has 0 radical (unpaired) electrons. The van der Waals surface area contributed by atoms with Crippen LogP contribution in [0.3, 0.4) is 0 Å². The van der Waals surface area contributed by atoms with Gasteiger partial charge in [-0.25, -0.2) is 0 Å². The smallest absolute Gasteiger partial charge is 0.242 e. The highest BCUT2D eigenvalue weighted by molar-refractivity contribution is 7.99. The average molecular weight is 447 g/mol. The van der Waals surface area contributed by atoms with Crippen molar-refractivity contribution >= 4 is 35.2 Å². The van der Waals surface area contributed by atoms with E-state index in [0.29, 0.717) is 36.2 Å². The quantitative estimate of drug-likeness (QED) is 0.502. The number of benzene rings is 2. The summed E-state index contributed by atoms with van der Waals surface area (Å²) in [5.74, 6) is 0.866. The van der Waals surface area contributed by atoms with Gasteiger partial charge < -0.3 is 10.2 Å². The number of amides is 2. The van der Waals surface area contributed by atoms with E-state index in [1.54, 1.807) is 23.6 Å². The lowest BCUT2D eigenvalue weighted by molar-refractivity contribution is -0.140. The van der Waals surface area contributed by atoms with Crippen molar-refractivity contribution in [1.29, 1.82) is 0 Å². The van der Waals surface area contributed by atoms with Crippen LogP contribution in [0.5, 0.6) is 0 Å². The molecule has 0 bridgehead atoms. The van der Waals surface area contributed by atoms with Crippen LogP contribution in [0.25, 0.3) is 0 Å². The molecular formula is C24H31ClN2O2S. The van der Waals surface area contributed by atoms with Crippen molar-refractivity contribution in [3.63, 3.8) is 0 Å². The molecule has 2 aromatic carbocycles. The van der Waals surface area contributed by atoms with E-state index in [-0.39, 0.29) is 11.8 Å². The molecule has 0 unspecified atom stereocenters. The highest BCUT2D eigenvalue weighted by Crippen LogP contribution is 2.22. The van der Waals surface area contributed by atoms with Gasteiger partial charge in [0.05, 0.1) is 0 Å². The van der Waals surface area contributed by atoms with E-state index in [1.807, 2.05) is 55.5 Å². The van der Waals surface area contributed by atoms with Crippen LogP contribution in [0.2, 0.25) is 5.02 Å². The van der Waals surface area contributed by atoms with E-state index >= 15 is 0 Å². The monoisotopic (exact) mass is 446 g/mol. The summed E-state index contributed by atoms with van der Waals surface area (Å²) in [7, 11) is 0. The maximum absolute atomic E-state index is 13.1. The van der Waals surface area contributed by atoms with Crippen molar-refractivity contribution in [2.24, 2.45) is 5.92 Å². The number of carbonyl (C=O) groups is 2. The summed E-state index contributed by atoms with van der Waals surface area (Å²) in [5, 5.41) is 3.65. The molecule has 0 fully saturated rings. The van der Waals surface area contributed by atoms with Crippen LogP contribution < -0.4 is 5.32 Å². The Balaban J connectivity index is 2.06. The second-order valence-electron chi connectivity index (χ2n) is 7.82. The number of carbonyl (C=O) groups excluding carboxylic acids is 2. The molecule has 1 atom stereocenters. The summed E-state index contributed by atoms with van der Waals surface area (Å²) in [6.45, 7) is 8.95. The van der Waals surface area contributed by atoms with E-state index in [0.717, 1.165) is 16.0 Å².